The van der Waals surface area contributed by atoms with Gasteiger partial charge in [-0.3, -0.25) is 4.79 Å². The van der Waals surface area contributed by atoms with Gasteiger partial charge in [0.25, 0.3) is 3.91 Å². The summed E-state index contributed by atoms with van der Waals surface area (Å²) in [5.74, 6) is 0. The molecule has 0 saturated carbocycles. The highest BCUT2D eigenvalue weighted by molar-refractivity contribution is 14.1. The van der Waals surface area contributed by atoms with Gasteiger partial charge in [-0.25, -0.2) is 0 Å². The van der Waals surface area contributed by atoms with Crippen molar-refractivity contribution in [2.45, 2.75) is 12.5 Å². The van der Waals surface area contributed by atoms with Crippen molar-refractivity contribution in [3.8, 4) is 0 Å². The Hall–Kier alpha value is 0.160. The van der Waals surface area contributed by atoms with E-state index in [-0.39, 0.29) is 3.91 Å². The number of halogens is 1. The number of carbonyl (C=O) groups excluding carboxylic acids is 1. The number of rotatable bonds is 0. The lowest BCUT2D eigenvalue weighted by Crippen LogP contribution is -2.60. The Labute approximate surface area is 67.2 Å². The van der Waals surface area contributed by atoms with E-state index in [1.165, 1.54) is 0 Å². The normalized spacial score (nSPS) is 23.2. The first kappa shape index (κ1) is 7.27. The van der Waals surface area contributed by atoms with Crippen LogP contribution in [0.1, 0.15) is 6.92 Å². The molecular weight excluding hydrogens is 233 g/mol. The molecule has 1 rings (SSSR count). The van der Waals surface area contributed by atoms with Crippen LogP contribution in [0.2, 0.25) is 0 Å². The molecule has 0 bridgehead atoms. The van der Waals surface area contributed by atoms with Crippen LogP contribution in [-0.2, 0) is 0 Å². The maximum Gasteiger partial charge on any atom is 0.283 e. The van der Waals surface area contributed by atoms with E-state index in [0.29, 0.717) is 13.1 Å². The number of hydrogen-bond donors (Lipinski definition) is 1. The summed E-state index contributed by atoms with van der Waals surface area (Å²) in [4.78, 5) is 12.1. The van der Waals surface area contributed by atoms with Crippen molar-refractivity contribution in [1.82, 2.24) is 4.90 Å². The van der Waals surface area contributed by atoms with Crippen LogP contribution in [0.4, 0.5) is 4.79 Å². The zero-order valence-corrected chi connectivity index (χ0v) is 7.25. The largest absolute Gasteiger partial charge is 0.386 e. The molecule has 0 aromatic carbocycles. The van der Waals surface area contributed by atoms with E-state index in [2.05, 4.69) is 0 Å². The fourth-order valence-electron chi connectivity index (χ4n) is 0.900. The molecule has 1 aliphatic rings. The van der Waals surface area contributed by atoms with E-state index in [1.54, 1.807) is 34.4 Å². The molecule has 0 aromatic rings. The van der Waals surface area contributed by atoms with Gasteiger partial charge in [0, 0.05) is 22.6 Å². The first-order valence-electron chi connectivity index (χ1n) is 2.68. The second kappa shape index (κ2) is 2.09. The van der Waals surface area contributed by atoms with Gasteiger partial charge in [-0.2, -0.15) is 0 Å². The second-order valence-electron chi connectivity index (χ2n) is 2.61. The Kier molecular flexibility index (Phi) is 1.69. The van der Waals surface area contributed by atoms with Gasteiger partial charge in [0.1, 0.15) is 0 Å². The van der Waals surface area contributed by atoms with Gasteiger partial charge < -0.3 is 10.0 Å². The van der Waals surface area contributed by atoms with Crippen molar-refractivity contribution in [1.29, 1.82) is 0 Å². The number of carbonyl (C=O) groups is 1. The third-order valence-electron chi connectivity index (χ3n) is 1.31. The molecular formula is C5H8INO2. The first-order valence-corrected chi connectivity index (χ1v) is 3.76. The van der Waals surface area contributed by atoms with Crippen LogP contribution < -0.4 is 0 Å². The molecule has 0 spiro atoms. The number of hydrogen-bond acceptors (Lipinski definition) is 2. The Morgan fingerprint density at radius 1 is 1.78 bits per heavy atom. The third-order valence-corrected chi connectivity index (χ3v) is 1.99. The molecule has 3 nitrogen and oxygen atoms in total. The Balaban J connectivity index is 2.35. The summed E-state index contributed by atoms with van der Waals surface area (Å²) in [6.45, 7) is 2.69. The Morgan fingerprint density at radius 3 is 2.33 bits per heavy atom. The van der Waals surface area contributed by atoms with Crippen molar-refractivity contribution < 1.29 is 9.90 Å². The lowest BCUT2D eigenvalue weighted by molar-refractivity contribution is -0.0550. The van der Waals surface area contributed by atoms with E-state index >= 15 is 0 Å². The molecule has 9 heavy (non-hydrogen) atoms. The van der Waals surface area contributed by atoms with Crippen molar-refractivity contribution >= 4 is 26.5 Å². The molecule has 1 N–H and O–H groups in total. The van der Waals surface area contributed by atoms with Gasteiger partial charge in [-0.1, -0.05) is 0 Å². The number of β-amino-alcohol motifs (C(OH)–C–C–N with tert-alkyl or cyclic N) is 1. The van der Waals surface area contributed by atoms with Crippen molar-refractivity contribution in [2.24, 2.45) is 0 Å². The zero-order chi connectivity index (χ0) is 7.07. The lowest BCUT2D eigenvalue weighted by atomic mass is 9.98. The van der Waals surface area contributed by atoms with Gasteiger partial charge in [-0.15, -0.1) is 0 Å². The number of nitrogens with zero attached hydrogens (tertiary/aromatic N) is 1. The van der Waals surface area contributed by atoms with E-state index in [0.717, 1.165) is 0 Å². The van der Waals surface area contributed by atoms with Crippen LogP contribution in [-0.4, -0.2) is 32.6 Å². The standard InChI is InChI=1S/C5H8INO2/c1-5(9)2-7(3-5)4(6)8/h9H,2-3H2,1H3. The van der Waals surface area contributed by atoms with Crippen molar-refractivity contribution in [3.05, 3.63) is 0 Å². The summed E-state index contributed by atoms with van der Waals surface area (Å²) in [6.07, 6.45) is 0. The zero-order valence-electron chi connectivity index (χ0n) is 5.09. The molecule has 1 heterocycles. The van der Waals surface area contributed by atoms with Crippen LogP contribution >= 0.6 is 22.6 Å². The molecule has 0 radical (unpaired) electrons. The highest BCUT2D eigenvalue weighted by Gasteiger charge is 2.38. The first-order chi connectivity index (χ1) is 4.01. The predicted octanol–water partition coefficient (Wildman–Crippen LogP) is 0.608. The fraction of sp³-hybridized carbons (Fsp3) is 0.800. The molecule has 52 valence electrons. The Morgan fingerprint density at radius 2 is 2.22 bits per heavy atom. The topological polar surface area (TPSA) is 40.5 Å². The average Bonchev–Trinajstić information content (AvgIpc) is 1.59. The summed E-state index contributed by atoms with van der Waals surface area (Å²) >= 11 is 1.71. The number of amides is 1. The van der Waals surface area contributed by atoms with Crippen molar-refractivity contribution in [2.75, 3.05) is 13.1 Å². The van der Waals surface area contributed by atoms with E-state index < -0.39 is 5.60 Å². The minimum atomic E-state index is -0.624. The van der Waals surface area contributed by atoms with Gasteiger partial charge in [0.05, 0.1) is 18.7 Å². The average molecular weight is 241 g/mol. The van der Waals surface area contributed by atoms with Gasteiger partial charge >= 0.3 is 0 Å². The van der Waals surface area contributed by atoms with Crippen molar-refractivity contribution in [3.63, 3.8) is 0 Å². The molecule has 1 saturated heterocycles. The summed E-state index contributed by atoms with van der Waals surface area (Å²) in [7, 11) is 0. The monoisotopic (exact) mass is 241 g/mol. The highest BCUT2D eigenvalue weighted by Crippen LogP contribution is 2.21. The van der Waals surface area contributed by atoms with Crippen LogP contribution in [0.25, 0.3) is 0 Å². The molecule has 0 atom stereocenters. The second-order valence-corrected chi connectivity index (χ2v) is 3.53. The van der Waals surface area contributed by atoms with Crippen LogP contribution in [0, 0.1) is 0 Å². The maximum absolute atomic E-state index is 10.5. The van der Waals surface area contributed by atoms with Gasteiger partial charge in [0.15, 0.2) is 0 Å². The van der Waals surface area contributed by atoms with E-state index in [1.807, 2.05) is 0 Å². The minimum Gasteiger partial charge on any atom is -0.386 e. The summed E-state index contributed by atoms with van der Waals surface area (Å²) in [5, 5.41) is 9.14. The third kappa shape index (κ3) is 1.54. The van der Waals surface area contributed by atoms with Crippen LogP contribution in [0.15, 0.2) is 0 Å². The predicted molar refractivity (Wildman–Crippen MR) is 41.6 cm³/mol. The lowest BCUT2D eigenvalue weighted by Gasteiger charge is -2.42. The molecule has 0 unspecified atom stereocenters. The summed E-state index contributed by atoms with van der Waals surface area (Å²) in [5.41, 5.74) is -0.624. The SMILES string of the molecule is CC1(O)CN(C(=O)I)C1. The van der Waals surface area contributed by atoms with Gasteiger partial charge in [-0.05, 0) is 6.92 Å². The molecule has 0 aliphatic carbocycles. The summed E-state index contributed by atoms with van der Waals surface area (Å²) < 4.78 is 0.0131. The number of aliphatic hydroxyl groups is 1. The molecule has 1 amide bonds. The molecule has 1 aliphatic heterocycles. The quantitative estimate of drug-likeness (QED) is 0.383. The Bertz CT molecular complexity index is 138. The minimum absolute atomic E-state index is 0.0131. The molecule has 4 heteroatoms. The highest BCUT2D eigenvalue weighted by atomic mass is 127. The van der Waals surface area contributed by atoms with Gasteiger partial charge in [0.2, 0.25) is 0 Å². The molecule has 1 fully saturated rings. The smallest absolute Gasteiger partial charge is 0.283 e. The van der Waals surface area contributed by atoms with Crippen LogP contribution in [0.5, 0.6) is 0 Å². The van der Waals surface area contributed by atoms with E-state index in [9.17, 15) is 4.79 Å². The summed E-state index contributed by atoms with van der Waals surface area (Å²) in [6, 6.07) is 0. The van der Waals surface area contributed by atoms with E-state index in [4.69, 9.17) is 5.11 Å². The number of likely N-dealkylation sites (tertiary alicyclic amines) is 1. The maximum atomic E-state index is 10.5. The van der Waals surface area contributed by atoms with Crippen LogP contribution in [0.3, 0.4) is 0 Å². The molecule has 0 aromatic heterocycles. The fourth-order valence-corrected chi connectivity index (χ4v) is 1.24.